The number of amides is 1. The van der Waals surface area contributed by atoms with Crippen molar-refractivity contribution in [1.29, 1.82) is 0 Å². The quantitative estimate of drug-likeness (QED) is 0.759. The van der Waals surface area contributed by atoms with Gasteiger partial charge < -0.3 is 11.1 Å². The number of rotatable bonds is 7. The summed E-state index contributed by atoms with van der Waals surface area (Å²) in [6.07, 6.45) is 6.92. The first-order valence-electron chi connectivity index (χ1n) is 7.89. The normalized spacial score (nSPS) is 16.9. The molecule has 0 unspecified atom stereocenters. The van der Waals surface area contributed by atoms with E-state index >= 15 is 0 Å². The fourth-order valence-corrected chi connectivity index (χ4v) is 3.45. The number of hydrogen-bond donors (Lipinski definition) is 2. The number of carbonyl (C=O) groups excluding carboxylic acids is 1. The van der Waals surface area contributed by atoms with Crippen LogP contribution in [-0.2, 0) is 11.2 Å². The molecule has 4 heteroatoms. The average Bonchev–Trinajstić information content (AvgIpc) is 2.93. The molecule has 3 N–H and O–H groups in total. The summed E-state index contributed by atoms with van der Waals surface area (Å²) in [5.74, 6) is 0.206. The van der Waals surface area contributed by atoms with Crippen molar-refractivity contribution in [2.75, 3.05) is 13.1 Å². The molecule has 1 aliphatic carbocycles. The Labute approximate surface area is 132 Å². The standard InChI is InChI=1S/C17H25ClN2O/c18-15-7-5-6-14(12-15)13-17(8-1-2-9-17)16(21)20-11-4-3-10-19/h5-7,12H,1-4,8-11,13,19H2,(H,20,21). The number of nitrogens with two attached hydrogens (primary N) is 1. The Kier molecular flexibility index (Phi) is 6.07. The fourth-order valence-electron chi connectivity index (χ4n) is 3.23. The Balaban J connectivity index is 2.00. The van der Waals surface area contributed by atoms with Crippen LogP contribution in [0.15, 0.2) is 24.3 Å². The summed E-state index contributed by atoms with van der Waals surface area (Å²) in [4.78, 5) is 12.6. The zero-order valence-corrected chi connectivity index (χ0v) is 13.3. The van der Waals surface area contributed by atoms with Crippen LogP contribution in [0.5, 0.6) is 0 Å². The van der Waals surface area contributed by atoms with Crippen LogP contribution in [0.2, 0.25) is 5.02 Å². The molecule has 21 heavy (non-hydrogen) atoms. The lowest BCUT2D eigenvalue weighted by Crippen LogP contribution is -2.41. The van der Waals surface area contributed by atoms with E-state index in [1.807, 2.05) is 18.2 Å². The van der Waals surface area contributed by atoms with Crippen molar-refractivity contribution < 1.29 is 4.79 Å². The Morgan fingerprint density at radius 2 is 2.05 bits per heavy atom. The van der Waals surface area contributed by atoms with Crippen LogP contribution >= 0.6 is 11.6 Å². The highest BCUT2D eigenvalue weighted by Gasteiger charge is 2.40. The van der Waals surface area contributed by atoms with Gasteiger partial charge in [0.1, 0.15) is 0 Å². The SMILES string of the molecule is NCCCCNC(=O)C1(Cc2cccc(Cl)c2)CCCC1. The molecule has 2 rings (SSSR count). The molecule has 0 radical (unpaired) electrons. The molecule has 0 bridgehead atoms. The molecule has 1 amide bonds. The van der Waals surface area contributed by atoms with E-state index in [9.17, 15) is 4.79 Å². The molecule has 1 aromatic rings. The van der Waals surface area contributed by atoms with Crippen LogP contribution < -0.4 is 11.1 Å². The van der Waals surface area contributed by atoms with E-state index in [-0.39, 0.29) is 11.3 Å². The Bertz CT molecular complexity index is 470. The summed E-state index contributed by atoms with van der Waals surface area (Å²) < 4.78 is 0. The first-order chi connectivity index (χ1) is 10.2. The van der Waals surface area contributed by atoms with E-state index in [4.69, 9.17) is 17.3 Å². The van der Waals surface area contributed by atoms with E-state index in [0.717, 1.165) is 62.1 Å². The smallest absolute Gasteiger partial charge is 0.226 e. The minimum absolute atomic E-state index is 0.206. The number of nitrogens with one attached hydrogen (secondary N) is 1. The highest BCUT2D eigenvalue weighted by atomic mass is 35.5. The van der Waals surface area contributed by atoms with Gasteiger partial charge in [0.15, 0.2) is 0 Å². The molecule has 0 heterocycles. The second kappa shape index (κ2) is 7.81. The van der Waals surface area contributed by atoms with E-state index in [2.05, 4.69) is 11.4 Å². The average molecular weight is 309 g/mol. The van der Waals surface area contributed by atoms with Crippen molar-refractivity contribution >= 4 is 17.5 Å². The number of carbonyl (C=O) groups is 1. The van der Waals surface area contributed by atoms with Crippen LogP contribution in [0, 0.1) is 5.41 Å². The molecule has 116 valence electrons. The Hall–Kier alpha value is -1.06. The summed E-state index contributed by atoms with van der Waals surface area (Å²) in [5.41, 5.74) is 6.40. The summed E-state index contributed by atoms with van der Waals surface area (Å²) >= 11 is 6.06. The van der Waals surface area contributed by atoms with Gasteiger partial charge in [0.2, 0.25) is 5.91 Å². The first-order valence-corrected chi connectivity index (χ1v) is 8.27. The molecule has 0 aromatic heterocycles. The summed E-state index contributed by atoms with van der Waals surface area (Å²) in [5, 5.41) is 3.85. The minimum Gasteiger partial charge on any atom is -0.356 e. The van der Waals surface area contributed by atoms with Gasteiger partial charge in [-0.15, -0.1) is 0 Å². The molecule has 0 spiro atoms. The predicted octanol–water partition coefficient (Wildman–Crippen LogP) is 3.30. The third-order valence-corrected chi connectivity index (χ3v) is 4.63. The van der Waals surface area contributed by atoms with Crippen LogP contribution in [0.4, 0.5) is 0 Å². The van der Waals surface area contributed by atoms with Gasteiger partial charge >= 0.3 is 0 Å². The van der Waals surface area contributed by atoms with Crippen molar-refractivity contribution in [1.82, 2.24) is 5.32 Å². The van der Waals surface area contributed by atoms with Gasteiger partial charge in [0, 0.05) is 11.6 Å². The van der Waals surface area contributed by atoms with E-state index < -0.39 is 0 Å². The maximum Gasteiger partial charge on any atom is 0.226 e. The summed E-state index contributed by atoms with van der Waals surface area (Å²) in [7, 11) is 0. The van der Waals surface area contributed by atoms with E-state index in [1.165, 1.54) is 0 Å². The topological polar surface area (TPSA) is 55.1 Å². The fraction of sp³-hybridized carbons (Fsp3) is 0.588. The molecule has 1 aromatic carbocycles. The molecule has 1 aliphatic rings. The Morgan fingerprint density at radius 1 is 1.29 bits per heavy atom. The monoisotopic (exact) mass is 308 g/mol. The second-order valence-electron chi connectivity index (χ2n) is 6.05. The van der Waals surface area contributed by atoms with Gasteiger partial charge in [-0.25, -0.2) is 0 Å². The molecule has 0 aliphatic heterocycles. The minimum atomic E-state index is -0.243. The molecule has 1 saturated carbocycles. The third kappa shape index (κ3) is 4.45. The summed E-state index contributed by atoms with van der Waals surface area (Å²) in [6, 6.07) is 7.87. The van der Waals surface area contributed by atoms with E-state index in [0.29, 0.717) is 6.54 Å². The second-order valence-corrected chi connectivity index (χ2v) is 6.48. The van der Waals surface area contributed by atoms with Crippen molar-refractivity contribution in [3.63, 3.8) is 0 Å². The third-order valence-electron chi connectivity index (χ3n) is 4.39. The largest absolute Gasteiger partial charge is 0.356 e. The zero-order chi connectivity index (χ0) is 15.1. The van der Waals surface area contributed by atoms with Gasteiger partial charge in [-0.05, 0) is 56.3 Å². The van der Waals surface area contributed by atoms with E-state index in [1.54, 1.807) is 0 Å². The number of hydrogen-bond acceptors (Lipinski definition) is 2. The van der Waals surface area contributed by atoms with Crippen molar-refractivity contribution in [2.45, 2.75) is 44.9 Å². The molecule has 3 nitrogen and oxygen atoms in total. The van der Waals surface area contributed by atoms with Gasteiger partial charge in [-0.3, -0.25) is 4.79 Å². The first kappa shape index (κ1) is 16.3. The molecule has 1 fully saturated rings. The molecule has 0 saturated heterocycles. The molecule has 0 atom stereocenters. The Morgan fingerprint density at radius 3 is 2.71 bits per heavy atom. The highest BCUT2D eigenvalue weighted by Crippen LogP contribution is 2.41. The summed E-state index contributed by atoms with van der Waals surface area (Å²) in [6.45, 7) is 1.41. The van der Waals surface area contributed by atoms with Crippen molar-refractivity contribution in [3.8, 4) is 0 Å². The van der Waals surface area contributed by atoms with Crippen molar-refractivity contribution in [2.24, 2.45) is 11.1 Å². The van der Waals surface area contributed by atoms with Crippen molar-refractivity contribution in [3.05, 3.63) is 34.9 Å². The lowest BCUT2D eigenvalue weighted by atomic mass is 9.79. The lowest BCUT2D eigenvalue weighted by Gasteiger charge is -2.28. The van der Waals surface area contributed by atoms with Crippen LogP contribution in [0.3, 0.4) is 0 Å². The van der Waals surface area contributed by atoms with Gasteiger partial charge in [-0.1, -0.05) is 36.6 Å². The highest BCUT2D eigenvalue weighted by molar-refractivity contribution is 6.30. The lowest BCUT2D eigenvalue weighted by molar-refractivity contribution is -0.130. The van der Waals surface area contributed by atoms with Crippen LogP contribution in [0.1, 0.15) is 44.1 Å². The maximum absolute atomic E-state index is 12.6. The van der Waals surface area contributed by atoms with Gasteiger partial charge in [0.25, 0.3) is 0 Å². The molecular weight excluding hydrogens is 284 g/mol. The number of halogens is 1. The number of unbranched alkanes of at least 4 members (excludes halogenated alkanes) is 1. The predicted molar refractivity (Wildman–Crippen MR) is 87.4 cm³/mol. The molecular formula is C17H25ClN2O. The van der Waals surface area contributed by atoms with Crippen LogP contribution in [0.25, 0.3) is 0 Å². The van der Waals surface area contributed by atoms with Crippen LogP contribution in [-0.4, -0.2) is 19.0 Å². The van der Waals surface area contributed by atoms with Gasteiger partial charge in [-0.2, -0.15) is 0 Å². The van der Waals surface area contributed by atoms with Gasteiger partial charge in [0.05, 0.1) is 5.41 Å². The zero-order valence-electron chi connectivity index (χ0n) is 12.5. The maximum atomic E-state index is 12.6. The number of benzene rings is 1.